The minimum absolute atomic E-state index is 0.0288. The number of hydrogen-bond donors (Lipinski definition) is 3. The van der Waals surface area contributed by atoms with Gasteiger partial charge in [-0.3, -0.25) is 9.59 Å². The number of aryl methyl sites for hydroxylation is 1. The van der Waals surface area contributed by atoms with Crippen LogP contribution in [0.4, 0.5) is 0 Å². The monoisotopic (exact) mass is 393 g/mol. The van der Waals surface area contributed by atoms with Crippen molar-refractivity contribution in [3.8, 4) is 0 Å². The molecule has 4 heterocycles. The van der Waals surface area contributed by atoms with Crippen LogP contribution in [0.25, 0.3) is 0 Å². The molecule has 9 heteroatoms. The van der Waals surface area contributed by atoms with E-state index in [1.54, 1.807) is 35.8 Å². The van der Waals surface area contributed by atoms with Crippen molar-refractivity contribution in [1.29, 1.82) is 0 Å². The zero-order chi connectivity index (χ0) is 19.8. The number of carbonyl (C=O) groups is 2. The number of imidazole rings is 2. The van der Waals surface area contributed by atoms with E-state index in [4.69, 9.17) is 0 Å². The molecule has 3 N–H and O–H groups in total. The third-order valence-corrected chi connectivity index (χ3v) is 5.77. The van der Waals surface area contributed by atoms with Crippen LogP contribution in [0, 0.1) is 0 Å². The van der Waals surface area contributed by atoms with E-state index in [1.807, 2.05) is 10.8 Å². The summed E-state index contributed by atoms with van der Waals surface area (Å²) in [6.45, 7) is 1.41. The van der Waals surface area contributed by atoms with Crippen LogP contribution in [-0.2, 0) is 24.3 Å². The molecule has 0 fully saturated rings. The number of amides is 2. The van der Waals surface area contributed by atoms with E-state index < -0.39 is 0 Å². The first-order chi connectivity index (χ1) is 14.2. The molecule has 2 atom stereocenters. The lowest BCUT2D eigenvalue weighted by molar-refractivity contribution is -0.123. The normalized spacial score (nSPS) is 21.2. The largest absolute Gasteiger partial charge is 0.357 e. The van der Waals surface area contributed by atoms with Gasteiger partial charge in [0.25, 0.3) is 5.91 Å². The molecule has 0 bridgehead atoms. The molecule has 1 aliphatic heterocycles. The minimum atomic E-state index is -0.247. The predicted molar refractivity (Wildman–Crippen MR) is 104 cm³/mol. The second-order valence-corrected chi connectivity index (χ2v) is 7.68. The predicted octanol–water partition coefficient (Wildman–Crippen LogP) is 1.20. The van der Waals surface area contributed by atoms with Gasteiger partial charge in [-0.2, -0.15) is 0 Å². The topological polar surface area (TPSA) is 112 Å². The first-order valence-electron chi connectivity index (χ1n) is 9.94. The fourth-order valence-corrected chi connectivity index (χ4v) is 4.34. The molecule has 0 saturated carbocycles. The molecular formula is C20H23N7O2. The highest BCUT2D eigenvalue weighted by molar-refractivity contribution is 5.92. The Morgan fingerprint density at radius 3 is 3.00 bits per heavy atom. The van der Waals surface area contributed by atoms with Crippen molar-refractivity contribution in [2.24, 2.45) is 0 Å². The highest BCUT2D eigenvalue weighted by atomic mass is 16.2. The Hall–Kier alpha value is -3.36. The first-order valence-corrected chi connectivity index (χ1v) is 9.94. The van der Waals surface area contributed by atoms with Crippen molar-refractivity contribution in [2.45, 2.75) is 44.3 Å². The van der Waals surface area contributed by atoms with Crippen molar-refractivity contribution >= 4 is 11.8 Å². The molecule has 1 aliphatic carbocycles. The van der Waals surface area contributed by atoms with Gasteiger partial charge in [0.1, 0.15) is 11.5 Å². The molecule has 0 aromatic carbocycles. The van der Waals surface area contributed by atoms with Crippen LogP contribution in [0.2, 0.25) is 0 Å². The molecule has 0 spiro atoms. The number of fused-ring (bicyclic) bond motifs is 2. The average molecular weight is 393 g/mol. The van der Waals surface area contributed by atoms with E-state index in [-0.39, 0.29) is 23.8 Å². The molecule has 5 rings (SSSR count). The molecule has 0 radical (unpaired) electrons. The summed E-state index contributed by atoms with van der Waals surface area (Å²) in [5, 5.41) is 3.17. The van der Waals surface area contributed by atoms with Gasteiger partial charge in [0.2, 0.25) is 5.91 Å². The second kappa shape index (κ2) is 7.23. The van der Waals surface area contributed by atoms with Gasteiger partial charge in [-0.05, 0) is 31.4 Å². The summed E-state index contributed by atoms with van der Waals surface area (Å²) in [5.41, 5.74) is 2.44. The summed E-state index contributed by atoms with van der Waals surface area (Å²) >= 11 is 0. The molecule has 2 unspecified atom stereocenters. The standard InChI is InChI=1S/C20H23N7O2/c28-19(14-3-1-4-15-18(14)24-12-23-15)25-13-9-26-8-7-22-17(26)11-27(10-13)20(29)16-5-2-6-21-16/h2,5-8,12-14,21H,1,3-4,9-11H2,(H,23,24)(H,25,28). The van der Waals surface area contributed by atoms with Crippen LogP contribution in [-0.4, -0.2) is 53.8 Å². The maximum atomic E-state index is 13.1. The molecule has 29 heavy (non-hydrogen) atoms. The van der Waals surface area contributed by atoms with E-state index in [2.05, 4.69) is 25.3 Å². The lowest BCUT2D eigenvalue weighted by Crippen LogP contribution is -2.47. The van der Waals surface area contributed by atoms with Crippen LogP contribution >= 0.6 is 0 Å². The summed E-state index contributed by atoms with van der Waals surface area (Å²) < 4.78 is 2.01. The number of aromatic amines is 2. The summed E-state index contributed by atoms with van der Waals surface area (Å²) in [6.07, 6.45) is 9.70. The lowest BCUT2D eigenvalue weighted by atomic mass is 9.89. The maximum absolute atomic E-state index is 13.1. The molecule has 3 aromatic rings. The molecule has 0 saturated heterocycles. The summed E-state index contributed by atoms with van der Waals surface area (Å²) in [4.78, 5) is 42.7. The van der Waals surface area contributed by atoms with Crippen molar-refractivity contribution in [1.82, 2.24) is 34.7 Å². The van der Waals surface area contributed by atoms with Gasteiger partial charge in [0.05, 0.1) is 30.5 Å². The van der Waals surface area contributed by atoms with Gasteiger partial charge < -0.3 is 24.8 Å². The van der Waals surface area contributed by atoms with Crippen LogP contribution < -0.4 is 5.32 Å². The third kappa shape index (κ3) is 3.32. The van der Waals surface area contributed by atoms with E-state index >= 15 is 0 Å². The Labute approximate surface area is 167 Å². The van der Waals surface area contributed by atoms with Gasteiger partial charge in [-0.25, -0.2) is 9.97 Å². The first kappa shape index (κ1) is 17.7. The Morgan fingerprint density at radius 2 is 2.14 bits per heavy atom. The summed E-state index contributed by atoms with van der Waals surface area (Å²) in [7, 11) is 0. The quantitative estimate of drug-likeness (QED) is 0.621. The fourth-order valence-electron chi connectivity index (χ4n) is 4.34. The van der Waals surface area contributed by atoms with Crippen LogP contribution in [0.3, 0.4) is 0 Å². The van der Waals surface area contributed by atoms with E-state index in [9.17, 15) is 9.59 Å². The van der Waals surface area contributed by atoms with Crippen LogP contribution in [0.15, 0.2) is 37.1 Å². The Morgan fingerprint density at radius 1 is 1.21 bits per heavy atom. The molecule has 150 valence electrons. The average Bonchev–Trinajstić information content (AvgIpc) is 3.47. The van der Waals surface area contributed by atoms with Gasteiger partial charge in [-0.15, -0.1) is 0 Å². The van der Waals surface area contributed by atoms with Crippen molar-refractivity contribution < 1.29 is 9.59 Å². The molecular weight excluding hydrogens is 370 g/mol. The van der Waals surface area contributed by atoms with E-state index in [0.717, 1.165) is 36.5 Å². The van der Waals surface area contributed by atoms with Gasteiger partial charge in [0, 0.05) is 37.4 Å². The fraction of sp³-hybridized carbons (Fsp3) is 0.400. The molecule has 2 amide bonds. The Balaban J connectivity index is 1.37. The zero-order valence-electron chi connectivity index (χ0n) is 16.0. The SMILES string of the molecule is O=C(NC1CN(C(=O)c2ccc[nH]2)Cc2nccn2C1)C1CCCc2[nH]cnc21. The number of aromatic nitrogens is 5. The van der Waals surface area contributed by atoms with E-state index in [0.29, 0.717) is 25.3 Å². The smallest absolute Gasteiger partial charge is 0.270 e. The zero-order valence-corrected chi connectivity index (χ0v) is 16.0. The van der Waals surface area contributed by atoms with Crippen LogP contribution in [0.1, 0.15) is 46.5 Å². The number of nitrogens with zero attached hydrogens (tertiary/aromatic N) is 4. The number of carbonyl (C=O) groups excluding carboxylic acids is 2. The lowest BCUT2D eigenvalue weighted by Gasteiger charge is -2.27. The maximum Gasteiger partial charge on any atom is 0.270 e. The molecule has 9 nitrogen and oxygen atoms in total. The van der Waals surface area contributed by atoms with E-state index in [1.165, 1.54) is 0 Å². The molecule has 3 aromatic heterocycles. The summed E-state index contributed by atoms with van der Waals surface area (Å²) in [6, 6.07) is 3.35. The Bertz CT molecular complexity index is 1020. The minimum Gasteiger partial charge on any atom is -0.357 e. The number of nitrogens with one attached hydrogen (secondary N) is 3. The van der Waals surface area contributed by atoms with Crippen LogP contribution in [0.5, 0.6) is 0 Å². The number of H-pyrrole nitrogens is 2. The second-order valence-electron chi connectivity index (χ2n) is 7.68. The number of rotatable bonds is 3. The van der Waals surface area contributed by atoms with Crippen molar-refractivity contribution in [3.63, 3.8) is 0 Å². The van der Waals surface area contributed by atoms with Crippen molar-refractivity contribution in [2.75, 3.05) is 6.54 Å². The summed E-state index contributed by atoms with van der Waals surface area (Å²) in [5.74, 6) is 0.439. The van der Waals surface area contributed by atoms with Crippen molar-refractivity contribution in [3.05, 3.63) is 60.0 Å². The third-order valence-electron chi connectivity index (χ3n) is 5.77. The van der Waals surface area contributed by atoms with Gasteiger partial charge in [0.15, 0.2) is 0 Å². The molecule has 2 aliphatic rings. The highest BCUT2D eigenvalue weighted by Gasteiger charge is 2.32. The van der Waals surface area contributed by atoms with Gasteiger partial charge in [-0.1, -0.05) is 0 Å². The Kier molecular flexibility index (Phi) is 4.42. The number of hydrogen-bond acceptors (Lipinski definition) is 4. The highest BCUT2D eigenvalue weighted by Crippen LogP contribution is 2.29. The van der Waals surface area contributed by atoms with Gasteiger partial charge >= 0.3 is 0 Å².